The summed E-state index contributed by atoms with van der Waals surface area (Å²) in [6.07, 6.45) is 0. The van der Waals surface area contributed by atoms with Crippen LogP contribution in [-0.2, 0) is 6.54 Å². The molecule has 62 valence electrons. The highest BCUT2D eigenvalue weighted by molar-refractivity contribution is 4.87. The largest absolute Gasteiger partial charge is 0.249 e. The summed E-state index contributed by atoms with van der Waals surface area (Å²) in [6, 6.07) is 0. The summed E-state index contributed by atoms with van der Waals surface area (Å²) in [7, 11) is 0. The Morgan fingerprint density at radius 1 is 1.55 bits per heavy atom. The Bertz CT molecular complexity index is 220. The van der Waals surface area contributed by atoms with Gasteiger partial charge in [0.25, 0.3) is 0 Å². The van der Waals surface area contributed by atoms with Gasteiger partial charge in [-0.1, -0.05) is 13.8 Å². The Labute approximate surface area is 64.4 Å². The molecule has 0 aliphatic rings. The fourth-order valence-electron chi connectivity index (χ4n) is 0.864. The molecule has 0 radical (unpaired) electrons. The zero-order valence-corrected chi connectivity index (χ0v) is 6.66. The fraction of sp³-hybridized carbons (Fsp3) is 0.833. The number of aryl methyl sites for hydroxylation is 1. The van der Waals surface area contributed by atoms with E-state index in [-0.39, 0.29) is 12.5 Å². The number of tetrazole rings is 1. The van der Waals surface area contributed by atoms with Crippen LogP contribution in [0.25, 0.3) is 0 Å². The smallest absolute Gasteiger partial charge is 0.153 e. The first-order valence-electron chi connectivity index (χ1n) is 3.57. The Morgan fingerprint density at radius 3 is 2.82 bits per heavy atom. The maximum Gasteiger partial charge on any atom is 0.153 e. The highest BCUT2D eigenvalue weighted by Crippen LogP contribution is 2.08. The lowest BCUT2D eigenvalue weighted by Crippen LogP contribution is -2.08. The van der Waals surface area contributed by atoms with Crippen LogP contribution in [0, 0.1) is 0 Å². The van der Waals surface area contributed by atoms with Crippen molar-refractivity contribution in [2.24, 2.45) is 0 Å². The van der Waals surface area contributed by atoms with E-state index in [9.17, 15) is 4.39 Å². The minimum atomic E-state index is -0.426. The summed E-state index contributed by atoms with van der Waals surface area (Å²) >= 11 is 0. The number of halogens is 1. The van der Waals surface area contributed by atoms with Gasteiger partial charge in [0.2, 0.25) is 0 Å². The number of alkyl halides is 1. The monoisotopic (exact) mass is 158 g/mol. The molecule has 1 aromatic heterocycles. The third-order valence-electron chi connectivity index (χ3n) is 1.37. The molecule has 0 atom stereocenters. The van der Waals surface area contributed by atoms with Crippen molar-refractivity contribution in [2.75, 3.05) is 6.67 Å². The van der Waals surface area contributed by atoms with Crippen LogP contribution in [0.2, 0.25) is 0 Å². The Balaban J connectivity index is 2.78. The van der Waals surface area contributed by atoms with Crippen molar-refractivity contribution < 1.29 is 4.39 Å². The van der Waals surface area contributed by atoms with E-state index in [2.05, 4.69) is 15.5 Å². The van der Waals surface area contributed by atoms with Crippen LogP contribution in [0.1, 0.15) is 25.6 Å². The van der Waals surface area contributed by atoms with Gasteiger partial charge in [0.15, 0.2) is 5.82 Å². The standard InChI is InChI=1S/C6H11FN4/c1-5(2)6-8-9-10-11(6)4-3-7/h5H,3-4H2,1-2H3. The molecular formula is C6H11FN4. The molecule has 1 rings (SSSR count). The van der Waals surface area contributed by atoms with E-state index in [1.54, 1.807) is 0 Å². The molecular weight excluding hydrogens is 147 g/mol. The van der Waals surface area contributed by atoms with Gasteiger partial charge in [0.1, 0.15) is 6.67 Å². The Morgan fingerprint density at radius 2 is 2.27 bits per heavy atom. The topological polar surface area (TPSA) is 43.6 Å². The van der Waals surface area contributed by atoms with E-state index in [4.69, 9.17) is 0 Å². The highest BCUT2D eigenvalue weighted by Gasteiger charge is 2.08. The van der Waals surface area contributed by atoms with E-state index >= 15 is 0 Å². The van der Waals surface area contributed by atoms with E-state index in [1.807, 2.05) is 13.8 Å². The number of rotatable bonds is 3. The third kappa shape index (κ3) is 1.72. The van der Waals surface area contributed by atoms with Gasteiger partial charge in [-0.3, -0.25) is 0 Å². The van der Waals surface area contributed by atoms with Gasteiger partial charge in [-0.05, 0) is 10.4 Å². The molecule has 0 amide bonds. The second-order valence-electron chi connectivity index (χ2n) is 2.60. The number of nitrogens with zero attached hydrogens (tertiary/aromatic N) is 4. The zero-order valence-electron chi connectivity index (χ0n) is 6.66. The van der Waals surface area contributed by atoms with Crippen molar-refractivity contribution >= 4 is 0 Å². The van der Waals surface area contributed by atoms with Crippen molar-refractivity contribution in [3.8, 4) is 0 Å². The van der Waals surface area contributed by atoms with Crippen LogP contribution in [0.4, 0.5) is 4.39 Å². The summed E-state index contributed by atoms with van der Waals surface area (Å²) in [5, 5.41) is 10.9. The van der Waals surface area contributed by atoms with Gasteiger partial charge in [-0.2, -0.15) is 0 Å². The van der Waals surface area contributed by atoms with Gasteiger partial charge in [0, 0.05) is 5.92 Å². The molecule has 0 spiro atoms. The van der Waals surface area contributed by atoms with E-state index in [0.29, 0.717) is 0 Å². The van der Waals surface area contributed by atoms with Crippen molar-refractivity contribution in [1.82, 2.24) is 20.2 Å². The molecule has 0 fully saturated rings. The molecule has 1 aromatic rings. The first-order valence-corrected chi connectivity index (χ1v) is 3.57. The fourth-order valence-corrected chi connectivity index (χ4v) is 0.864. The lowest BCUT2D eigenvalue weighted by Gasteiger charge is -2.02. The predicted molar refractivity (Wildman–Crippen MR) is 37.9 cm³/mol. The second-order valence-corrected chi connectivity index (χ2v) is 2.60. The normalized spacial score (nSPS) is 10.9. The summed E-state index contributed by atoms with van der Waals surface area (Å²) < 4.78 is 13.4. The van der Waals surface area contributed by atoms with Crippen molar-refractivity contribution in [2.45, 2.75) is 26.3 Å². The minimum absolute atomic E-state index is 0.247. The van der Waals surface area contributed by atoms with Crippen LogP contribution in [0.5, 0.6) is 0 Å². The molecule has 5 heteroatoms. The lowest BCUT2D eigenvalue weighted by atomic mass is 10.2. The average Bonchev–Trinajstić information content (AvgIpc) is 2.36. The zero-order chi connectivity index (χ0) is 8.27. The van der Waals surface area contributed by atoms with Crippen molar-refractivity contribution in [3.63, 3.8) is 0 Å². The summed E-state index contributed by atoms with van der Waals surface area (Å²) in [6.45, 7) is 3.77. The van der Waals surface area contributed by atoms with Crippen molar-refractivity contribution in [3.05, 3.63) is 5.82 Å². The van der Waals surface area contributed by atoms with Crippen LogP contribution in [-0.4, -0.2) is 26.9 Å². The van der Waals surface area contributed by atoms with Gasteiger partial charge < -0.3 is 0 Å². The third-order valence-corrected chi connectivity index (χ3v) is 1.37. The number of hydrogen-bond donors (Lipinski definition) is 0. The molecule has 0 saturated carbocycles. The molecule has 0 N–H and O–H groups in total. The summed E-state index contributed by atoms with van der Waals surface area (Å²) in [4.78, 5) is 0. The van der Waals surface area contributed by atoms with Crippen molar-refractivity contribution in [1.29, 1.82) is 0 Å². The quantitative estimate of drug-likeness (QED) is 0.652. The van der Waals surface area contributed by atoms with Gasteiger partial charge in [-0.15, -0.1) is 5.10 Å². The lowest BCUT2D eigenvalue weighted by molar-refractivity contribution is 0.411. The van der Waals surface area contributed by atoms with Crippen LogP contribution >= 0.6 is 0 Å². The molecule has 0 aliphatic carbocycles. The van der Waals surface area contributed by atoms with Gasteiger partial charge in [-0.25, -0.2) is 9.07 Å². The van der Waals surface area contributed by atoms with Crippen LogP contribution in [0.15, 0.2) is 0 Å². The second kappa shape index (κ2) is 3.41. The van der Waals surface area contributed by atoms with E-state index in [0.717, 1.165) is 5.82 Å². The molecule has 4 nitrogen and oxygen atoms in total. The predicted octanol–water partition coefficient (Wildman–Crippen LogP) is 0.766. The first-order chi connectivity index (χ1) is 5.25. The first kappa shape index (κ1) is 8.10. The molecule has 0 aromatic carbocycles. The summed E-state index contributed by atoms with van der Waals surface area (Å²) in [5.41, 5.74) is 0. The SMILES string of the molecule is CC(C)c1nnnn1CCF. The molecule has 0 aliphatic heterocycles. The van der Waals surface area contributed by atoms with Gasteiger partial charge in [0.05, 0.1) is 6.54 Å². The molecule has 0 unspecified atom stereocenters. The molecule has 1 heterocycles. The highest BCUT2D eigenvalue weighted by atomic mass is 19.1. The molecule has 11 heavy (non-hydrogen) atoms. The van der Waals surface area contributed by atoms with E-state index in [1.165, 1.54) is 4.68 Å². The molecule has 0 bridgehead atoms. The van der Waals surface area contributed by atoms with Gasteiger partial charge >= 0.3 is 0 Å². The maximum atomic E-state index is 11.9. The molecule has 0 saturated heterocycles. The number of hydrogen-bond acceptors (Lipinski definition) is 3. The maximum absolute atomic E-state index is 11.9. The van der Waals surface area contributed by atoms with E-state index < -0.39 is 6.67 Å². The number of aromatic nitrogens is 4. The van der Waals surface area contributed by atoms with Crippen LogP contribution in [0.3, 0.4) is 0 Å². The summed E-state index contributed by atoms with van der Waals surface area (Å²) in [5.74, 6) is 0.985. The minimum Gasteiger partial charge on any atom is -0.249 e. The Kier molecular flexibility index (Phi) is 2.51. The van der Waals surface area contributed by atoms with Crippen LogP contribution < -0.4 is 0 Å². The average molecular weight is 158 g/mol. The Hall–Kier alpha value is -1.00.